The molecule has 0 radical (unpaired) electrons. The maximum atomic E-state index is 10.5. The second kappa shape index (κ2) is 6.68. The third-order valence-electron chi connectivity index (χ3n) is 1.93. The molecule has 88 valence electrons. The molecule has 0 fully saturated rings. The standard InChI is InChI=1S/C11H17N3O2/c12-5-2-6-14-9-3-1-4-10(7-9)16-8-11(13)15/h1,3-4,7,14H,2,5-6,8,12H2,(H2,13,15). The quantitative estimate of drug-likeness (QED) is 0.580. The van der Waals surface area contributed by atoms with Crippen LogP contribution in [0.1, 0.15) is 6.42 Å². The van der Waals surface area contributed by atoms with Crippen molar-refractivity contribution in [3.05, 3.63) is 24.3 Å². The summed E-state index contributed by atoms with van der Waals surface area (Å²) in [6.45, 7) is 1.37. The minimum Gasteiger partial charge on any atom is -0.484 e. The van der Waals surface area contributed by atoms with Crippen LogP contribution in [0.3, 0.4) is 0 Å². The Balaban J connectivity index is 2.46. The third-order valence-corrected chi connectivity index (χ3v) is 1.93. The third kappa shape index (κ3) is 4.65. The van der Waals surface area contributed by atoms with Gasteiger partial charge in [0.25, 0.3) is 5.91 Å². The number of benzene rings is 1. The number of nitrogens with two attached hydrogens (primary N) is 2. The summed E-state index contributed by atoms with van der Waals surface area (Å²) < 4.78 is 5.18. The summed E-state index contributed by atoms with van der Waals surface area (Å²) in [4.78, 5) is 10.5. The molecular formula is C11H17N3O2. The average molecular weight is 223 g/mol. The molecule has 0 aliphatic carbocycles. The van der Waals surface area contributed by atoms with Crippen molar-refractivity contribution in [2.75, 3.05) is 25.0 Å². The molecule has 1 amide bonds. The predicted octanol–water partition coefficient (Wildman–Crippen LogP) is 0.311. The number of amides is 1. The number of carbonyl (C=O) groups excluding carboxylic acids is 1. The van der Waals surface area contributed by atoms with E-state index in [4.69, 9.17) is 16.2 Å². The highest BCUT2D eigenvalue weighted by atomic mass is 16.5. The normalized spacial score (nSPS) is 9.81. The monoisotopic (exact) mass is 223 g/mol. The number of rotatable bonds is 7. The highest BCUT2D eigenvalue weighted by molar-refractivity contribution is 5.75. The Hall–Kier alpha value is -1.75. The fraction of sp³-hybridized carbons (Fsp3) is 0.364. The van der Waals surface area contributed by atoms with Crippen LogP contribution >= 0.6 is 0 Å². The fourth-order valence-corrected chi connectivity index (χ4v) is 1.19. The lowest BCUT2D eigenvalue weighted by Gasteiger charge is -2.08. The van der Waals surface area contributed by atoms with Crippen LogP contribution in [0, 0.1) is 0 Å². The smallest absolute Gasteiger partial charge is 0.255 e. The van der Waals surface area contributed by atoms with E-state index < -0.39 is 5.91 Å². The van der Waals surface area contributed by atoms with E-state index in [0.29, 0.717) is 12.3 Å². The average Bonchev–Trinajstić information content (AvgIpc) is 2.27. The number of carbonyl (C=O) groups is 1. The number of nitrogens with one attached hydrogen (secondary N) is 1. The van der Waals surface area contributed by atoms with E-state index in [0.717, 1.165) is 18.7 Å². The summed E-state index contributed by atoms with van der Waals surface area (Å²) in [6, 6.07) is 7.37. The van der Waals surface area contributed by atoms with Crippen molar-refractivity contribution < 1.29 is 9.53 Å². The Kier molecular flexibility index (Phi) is 5.15. The van der Waals surface area contributed by atoms with E-state index in [9.17, 15) is 4.79 Å². The molecule has 16 heavy (non-hydrogen) atoms. The van der Waals surface area contributed by atoms with E-state index in [1.54, 1.807) is 6.07 Å². The van der Waals surface area contributed by atoms with Crippen LogP contribution in [0.4, 0.5) is 5.69 Å². The summed E-state index contributed by atoms with van der Waals surface area (Å²) in [5.74, 6) is 0.137. The van der Waals surface area contributed by atoms with Gasteiger partial charge < -0.3 is 21.5 Å². The molecule has 0 aliphatic rings. The van der Waals surface area contributed by atoms with Crippen molar-refractivity contribution in [3.63, 3.8) is 0 Å². The summed E-state index contributed by atoms with van der Waals surface area (Å²) in [7, 11) is 0. The summed E-state index contributed by atoms with van der Waals surface area (Å²) >= 11 is 0. The number of anilines is 1. The number of hydrogen-bond acceptors (Lipinski definition) is 4. The molecule has 1 aromatic rings. The van der Waals surface area contributed by atoms with Crippen LogP contribution in [0.15, 0.2) is 24.3 Å². The lowest BCUT2D eigenvalue weighted by Crippen LogP contribution is -2.20. The first-order valence-electron chi connectivity index (χ1n) is 5.17. The Morgan fingerprint density at radius 2 is 2.25 bits per heavy atom. The summed E-state index contributed by atoms with van der Waals surface area (Å²) in [5, 5.41) is 3.20. The molecule has 0 aliphatic heterocycles. The van der Waals surface area contributed by atoms with E-state index in [-0.39, 0.29) is 6.61 Å². The highest BCUT2D eigenvalue weighted by Gasteiger charge is 1.98. The fourth-order valence-electron chi connectivity index (χ4n) is 1.19. The van der Waals surface area contributed by atoms with Crippen molar-refractivity contribution >= 4 is 11.6 Å². The topological polar surface area (TPSA) is 90.4 Å². The zero-order valence-corrected chi connectivity index (χ0v) is 9.11. The van der Waals surface area contributed by atoms with E-state index in [1.165, 1.54) is 0 Å². The molecule has 0 heterocycles. The van der Waals surface area contributed by atoms with Crippen molar-refractivity contribution in [2.24, 2.45) is 11.5 Å². The van der Waals surface area contributed by atoms with Gasteiger partial charge >= 0.3 is 0 Å². The minimum atomic E-state index is -0.485. The van der Waals surface area contributed by atoms with E-state index >= 15 is 0 Å². The zero-order chi connectivity index (χ0) is 11.8. The van der Waals surface area contributed by atoms with Crippen LogP contribution < -0.4 is 21.5 Å². The molecule has 0 bridgehead atoms. The van der Waals surface area contributed by atoms with Crippen molar-refractivity contribution in [2.45, 2.75) is 6.42 Å². The van der Waals surface area contributed by atoms with Crippen molar-refractivity contribution in [1.29, 1.82) is 0 Å². The molecule has 0 spiro atoms. The van der Waals surface area contributed by atoms with Gasteiger partial charge in [-0.3, -0.25) is 4.79 Å². The van der Waals surface area contributed by atoms with Gasteiger partial charge in [0.15, 0.2) is 6.61 Å². The lowest BCUT2D eigenvalue weighted by atomic mass is 10.3. The second-order valence-corrected chi connectivity index (χ2v) is 3.35. The maximum absolute atomic E-state index is 10.5. The molecule has 0 saturated carbocycles. The van der Waals surface area contributed by atoms with Gasteiger partial charge in [-0.05, 0) is 25.1 Å². The first-order valence-corrected chi connectivity index (χ1v) is 5.17. The summed E-state index contributed by atoms with van der Waals surface area (Å²) in [6.07, 6.45) is 0.909. The van der Waals surface area contributed by atoms with E-state index in [1.807, 2.05) is 18.2 Å². The molecule has 0 unspecified atom stereocenters. The maximum Gasteiger partial charge on any atom is 0.255 e. The molecule has 0 atom stereocenters. The molecule has 1 rings (SSSR count). The second-order valence-electron chi connectivity index (χ2n) is 3.35. The Bertz CT molecular complexity index is 342. The van der Waals surface area contributed by atoms with Gasteiger partial charge in [-0.15, -0.1) is 0 Å². The van der Waals surface area contributed by atoms with Crippen LogP contribution in [0.2, 0.25) is 0 Å². The number of ether oxygens (including phenoxy) is 1. The summed E-state index contributed by atoms with van der Waals surface area (Å²) in [5.41, 5.74) is 11.3. The minimum absolute atomic E-state index is 0.105. The molecule has 0 saturated heterocycles. The first-order chi connectivity index (χ1) is 7.72. The molecular weight excluding hydrogens is 206 g/mol. The van der Waals surface area contributed by atoms with Crippen molar-refractivity contribution in [3.8, 4) is 5.75 Å². The van der Waals surface area contributed by atoms with Crippen LogP contribution in [-0.2, 0) is 4.79 Å². The van der Waals surface area contributed by atoms with Gasteiger partial charge in [-0.1, -0.05) is 6.07 Å². The zero-order valence-electron chi connectivity index (χ0n) is 9.11. The van der Waals surface area contributed by atoms with Gasteiger partial charge in [0.05, 0.1) is 0 Å². The molecule has 5 N–H and O–H groups in total. The van der Waals surface area contributed by atoms with Crippen molar-refractivity contribution in [1.82, 2.24) is 0 Å². The van der Waals surface area contributed by atoms with Gasteiger partial charge in [0, 0.05) is 18.3 Å². The Morgan fingerprint density at radius 3 is 2.94 bits per heavy atom. The van der Waals surface area contributed by atoms with Gasteiger partial charge in [-0.25, -0.2) is 0 Å². The van der Waals surface area contributed by atoms with Crippen LogP contribution in [-0.4, -0.2) is 25.6 Å². The van der Waals surface area contributed by atoms with E-state index in [2.05, 4.69) is 5.32 Å². The van der Waals surface area contributed by atoms with Gasteiger partial charge in [-0.2, -0.15) is 0 Å². The van der Waals surface area contributed by atoms with Crippen LogP contribution in [0.25, 0.3) is 0 Å². The Labute approximate surface area is 94.8 Å². The van der Waals surface area contributed by atoms with Gasteiger partial charge in [0.1, 0.15) is 5.75 Å². The largest absolute Gasteiger partial charge is 0.484 e. The molecule has 5 nitrogen and oxygen atoms in total. The SMILES string of the molecule is NCCCNc1cccc(OCC(N)=O)c1. The van der Waals surface area contributed by atoms with Gasteiger partial charge in [0.2, 0.25) is 0 Å². The number of primary amides is 1. The highest BCUT2D eigenvalue weighted by Crippen LogP contribution is 2.16. The predicted molar refractivity (Wildman–Crippen MR) is 63.3 cm³/mol. The molecule has 5 heteroatoms. The lowest BCUT2D eigenvalue weighted by molar-refractivity contribution is -0.119. The molecule has 0 aromatic heterocycles. The first kappa shape index (κ1) is 12.3. The Morgan fingerprint density at radius 1 is 1.44 bits per heavy atom. The number of hydrogen-bond donors (Lipinski definition) is 3. The van der Waals surface area contributed by atoms with Crippen LogP contribution in [0.5, 0.6) is 5.75 Å². The molecule has 1 aromatic carbocycles.